The zero-order valence-corrected chi connectivity index (χ0v) is 15.3. The molecule has 0 unspecified atom stereocenters. The number of amides is 2. The molecule has 2 aromatic heterocycles. The topological polar surface area (TPSA) is 128 Å². The Morgan fingerprint density at radius 1 is 1.25 bits per heavy atom. The smallest absolute Gasteiger partial charge is 0.319 e. The predicted octanol–water partition coefficient (Wildman–Crippen LogP) is 2.64. The minimum Gasteiger partial charge on any atom is -0.421 e. The van der Waals surface area contributed by atoms with Crippen LogP contribution in [0.3, 0.4) is 0 Å². The van der Waals surface area contributed by atoms with Gasteiger partial charge in [0.2, 0.25) is 11.8 Å². The number of benzene rings is 1. The second-order valence-electron chi connectivity index (χ2n) is 6.38. The molecule has 0 aliphatic carbocycles. The lowest BCUT2D eigenvalue weighted by Gasteiger charge is -2.07. The standard InChI is InChI=1S/C18H20N6O4/c1-11-22-23-16(27-11)12-4-6-13(7-5-12)20-18(25)19-9-8-15-21-17(28-24-15)14-3-2-10-26-14/h4-7,14H,2-3,8-10H2,1H3,(H2,19,20,25)/t14-/m0/s1. The second kappa shape index (κ2) is 8.17. The molecule has 28 heavy (non-hydrogen) atoms. The summed E-state index contributed by atoms with van der Waals surface area (Å²) in [4.78, 5) is 16.3. The van der Waals surface area contributed by atoms with Crippen LogP contribution in [0.4, 0.5) is 10.5 Å². The average Bonchev–Trinajstić information content (AvgIpc) is 3.44. The Bertz CT molecular complexity index is 930. The van der Waals surface area contributed by atoms with Crippen LogP contribution in [0.2, 0.25) is 0 Å². The lowest BCUT2D eigenvalue weighted by Crippen LogP contribution is -2.30. The van der Waals surface area contributed by atoms with E-state index in [0.29, 0.717) is 42.1 Å². The summed E-state index contributed by atoms with van der Waals surface area (Å²) < 4.78 is 16.1. The molecule has 0 saturated carbocycles. The van der Waals surface area contributed by atoms with E-state index in [1.165, 1.54) is 0 Å². The number of ether oxygens (including phenoxy) is 1. The Kier molecular flexibility index (Phi) is 5.29. The summed E-state index contributed by atoms with van der Waals surface area (Å²) in [5.74, 6) is 2.00. The Morgan fingerprint density at radius 3 is 2.82 bits per heavy atom. The highest BCUT2D eigenvalue weighted by atomic mass is 16.5. The molecule has 2 N–H and O–H groups in total. The first-order chi connectivity index (χ1) is 13.7. The summed E-state index contributed by atoms with van der Waals surface area (Å²) in [6.07, 6.45) is 2.27. The highest BCUT2D eigenvalue weighted by Crippen LogP contribution is 2.26. The average molecular weight is 384 g/mol. The maximum Gasteiger partial charge on any atom is 0.319 e. The van der Waals surface area contributed by atoms with Gasteiger partial charge in [-0.1, -0.05) is 5.16 Å². The Morgan fingerprint density at radius 2 is 2.11 bits per heavy atom. The molecular formula is C18H20N6O4. The minimum atomic E-state index is -0.316. The SMILES string of the molecule is Cc1nnc(-c2ccc(NC(=O)NCCc3noc([C@@H]4CCCO4)n3)cc2)o1. The molecule has 0 radical (unpaired) electrons. The zero-order valence-electron chi connectivity index (χ0n) is 15.3. The number of rotatable bonds is 6. The van der Waals surface area contributed by atoms with Crippen molar-refractivity contribution in [3.8, 4) is 11.5 Å². The molecule has 1 saturated heterocycles. The Balaban J connectivity index is 1.23. The summed E-state index contributed by atoms with van der Waals surface area (Å²) in [6.45, 7) is 2.84. The van der Waals surface area contributed by atoms with Crippen molar-refractivity contribution >= 4 is 11.7 Å². The van der Waals surface area contributed by atoms with Gasteiger partial charge < -0.3 is 24.3 Å². The van der Waals surface area contributed by atoms with E-state index >= 15 is 0 Å². The van der Waals surface area contributed by atoms with Crippen molar-refractivity contribution in [3.05, 3.63) is 41.9 Å². The van der Waals surface area contributed by atoms with Crippen LogP contribution in [-0.2, 0) is 11.2 Å². The quantitative estimate of drug-likeness (QED) is 0.664. The van der Waals surface area contributed by atoms with E-state index in [1.807, 2.05) is 0 Å². The number of hydrogen-bond acceptors (Lipinski definition) is 8. The molecule has 146 valence electrons. The molecule has 3 heterocycles. The minimum absolute atomic E-state index is 0.100. The first-order valence-electron chi connectivity index (χ1n) is 9.07. The first-order valence-corrected chi connectivity index (χ1v) is 9.07. The largest absolute Gasteiger partial charge is 0.421 e. The van der Waals surface area contributed by atoms with Gasteiger partial charge in [-0.05, 0) is 37.1 Å². The number of aryl methyl sites for hydroxylation is 1. The molecule has 10 nitrogen and oxygen atoms in total. The molecule has 1 aromatic carbocycles. The normalized spacial score (nSPS) is 16.2. The number of aromatic nitrogens is 4. The van der Waals surface area contributed by atoms with Crippen LogP contribution in [0.5, 0.6) is 0 Å². The molecule has 1 fully saturated rings. The van der Waals surface area contributed by atoms with Crippen molar-refractivity contribution in [2.24, 2.45) is 0 Å². The third-order valence-electron chi connectivity index (χ3n) is 4.24. The Labute approximate surface area is 160 Å². The highest BCUT2D eigenvalue weighted by Gasteiger charge is 2.23. The molecule has 4 rings (SSSR count). The monoisotopic (exact) mass is 384 g/mol. The van der Waals surface area contributed by atoms with E-state index in [1.54, 1.807) is 31.2 Å². The van der Waals surface area contributed by atoms with Crippen LogP contribution in [0, 0.1) is 6.92 Å². The van der Waals surface area contributed by atoms with Crippen molar-refractivity contribution in [2.45, 2.75) is 32.3 Å². The number of carbonyl (C=O) groups excluding carboxylic acids is 1. The molecule has 0 bridgehead atoms. The van der Waals surface area contributed by atoms with E-state index < -0.39 is 0 Å². The van der Waals surface area contributed by atoms with Crippen LogP contribution in [0.1, 0.15) is 36.6 Å². The molecule has 1 aliphatic rings. The van der Waals surface area contributed by atoms with Crippen LogP contribution >= 0.6 is 0 Å². The first kappa shape index (κ1) is 18.1. The van der Waals surface area contributed by atoms with E-state index in [-0.39, 0.29) is 12.1 Å². The lowest BCUT2D eigenvalue weighted by atomic mass is 10.2. The van der Waals surface area contributed by atoms with E-state index in [4.69, 9.17) is 13.7 Å². The van der Waals surface area contributed by atoms with Gasteiger partial charge in [0.25, 0.3) is 5.89 Å². The van der Waals surface area contributed by atoms with Gasteiger partial charge in [-0.15, -0.1) is 10.2 Å². The van der Waals surface area contributed by atoms with Crippen molar-refractivity contribution < 1.29 is 18.5 Å². The molecule has 2 amide bonds. The van der Waals surface area contributed by atoms with Gasteiger partial charge >= 0.3 is 6.03 Å². The summed E-state index contributed by atoms with van der Waals surface area (Å²) in [7, 11) is 0. The van der Waals surface area contributed by atoms with Gasteiger partial charge in [-0.25, -0.2) is 4.79 Å². The number of carbonyl (C=O) groups is 1. The summed E-state index contributed by atoms with van der Waals surface area (Å²) in [5.41, 5.74) is 1.43. The van der Waals surface area contributed by atoms with Gasteiger partial charge in [-0.3, -0.25) is 0 Å². The Hall–Kier alpha value is -3.27. The van der Waals surface area contributed by atoms with Gasteiger partial charge in [-0.2, -0.15) is 4.98 Å². The van der Waals surface area contributed by atoms with E-state index in [0.717, 1.165) is 25.0 Å². The second-order valence-corrected chi connectivity index (χ2v) is 6.38. The summed E-state index contributed by atoms with van der Waals surface area (Å²) in [6, 6.07) is 6.82. The summed E-state index contributed by atoms with van der Waals surface area (Å²) >= 11 is 0. The van der Waals surface area contributed by atoms with Crippen LogP contribution in [-0.4, -0.2) is 39.5 Å². The van der Waals surface area contributed by atoms with Gasteiger partial charge in [0.05, 0.1) is 0 Å². The van der Waals surface area contributed by atoms with Crippen molar-refractivity contribution in [3.63, 3.8) is 0 Å². The molecule has 1 aliphatic heterocycles. The number of urea groups is 1. The van der Waals surface area contributed by atoms with Crippen LogP contribution in [0.15, 0.2) is 33.2 Å². The molecule has 10 heteroatoms. The molecular weight excluding hydrogens is 364 g/mol. The van der Waals surface area contributed by atoms with Crippen LogP contribution < -0.4 is 10.6 Å². The molecule has 1 atom stereocenters. The predicted molar refractivity (Wildman–Crippen MR) is 97.4 cm³/mol. The number of nitrogens with zero attached hydrogens (tertiary/aromatic N) is 4. The maximum atomic E-state index is 12.0. The molecule has 0 spiro atoms. The fourth-order valence-corrected chi connectivity index (χ4v) is 2.84. The zero-order chi connectivity index (χ0) is 19.3. The van der Waals surface area contributed by atoms with E-state index in [2.05, 4.69) is 31.0 Å². The number of hydrogen-bond donors (Lipinski definition) is 2. The van der Waals surface area contributed by atoms with Crippen molar-refractivity contribution in [1.82, 2.24) is 25.7 Å². The van der Waals surface area contributed by atoms with Crippen molar-refractivity contribution in [2.75, 3.05) is 18.5 Å². The fraction of sp³-hybridized carbons (Fsp3) is 0.389. The number of anilines is 1. The lowest BCUT2D eigenvalue weighted by molar-refractivity contribution is 0.0835. The van der Waals surface area contributed by atoms with Gasteiger partial charge in [0.15, 0.2) is 5.82 Å². The highest BCUT2D eigenvalue weighted by molar-refractivity contribution is 5.89. The van der Waals surface area contributed by atoms with Crippen molar-refractivity contribution in [1.29, 1.82) is 0 Å². The maximum absolute atomic E-state index is 12.0. The van der Waals surface area contributed by atoms with Gasteiger partial charge in [0.1, 0.15) is 6.10 Å². The summed E-state index contributed by atoms with van der Waals surface area (Å²) in [5, 5.41) is 17.2. The van der Waals surface area contributed by atoms with E-state index in [9.17, 15) is 4.79 Å². The van der Waals surface area contributed by atoms with Gasteiger partial charge in [0, 0.05) is 37.7 Å². The van der Waals surface area contributed by atoms with Crippen LogP contribution in [0.25, 0.3) is 11.5 Å². The third-order valence-corrected chi connectivity index (χ3v) is 4.24. The third kappa shape index (κ3) is 4.34. The molecule has 3 aromatic rings. The fourth-order valence-electron chi connectivity index (χ4n) is 2.84. The number of nitrogens with one attached hydrogen (secondary N) is 2.